The highest BCUT2D eigenvalue weighted by atomic mass is 16.3. The molecule has 2 atom stereocenters. The highest BCUT2D eigenvalue weighted by Crippen LogP contribution is 2.23. The first-order valence-electron chi connectivity index (χ1n) is 7.89. The van der Waals surface area contributed by atoms with E-state index >= 15 is 0 Å². The molecule has 3 N–H and O–H groups in total. The van der Waals surface area contributed by atoms with Crippen molar-refractivity contribution >= 4 is 0 Å². The van der Waals surface area contributed by atoms with E-state index in [0.717, 1.165) is 31.6 Å². The maximum absolute atomic E-state index is 9.76. The smallest absolute Gasteiger partial charge is 0.0656 e. The van der Waals surface area contributed by atoms with Crippen LogP contribution in [-0.2, 0) is 5.54 Å². The van der Waals surface area contributed by atoms with Gasteiger partial charge in [0, 0.05) is 19.1 Å². The van der Waals surface area contributed by atoms with Crippen LogP contribution in [0.3, 0.4) is 0 Å². The maximum atomic E-state index is 9.76. The van der Waals surface area contributed by atoms with Gasteiger partial charge >= 0.3 is 0 Å². The van der Waals surface area contributed by atoms with Crippen molar-refractivity contribution in [2.45, 2.75) is 30.8 Å². The monoisotopic (exact) mass is 291 g/mol. The zero-order chi connectivity index (χ0) is 15.3. The topological polar surface area (TPSA) is 52.7 Å². The Morgan fingerprint density at radius 3 is 2.67 bits per heavy atom. The number of hydrogen-bond acceptors (Lipinski definition) is 4. The van der Waals surface area contributed by atoms with Gasteiger partial charge in [0.2, 0.25) is 0 Å². The minimum Gasteiger partial charge on any atom is -0.394 e. The lowest BCUT2D eigenvalue weighted by atomic mass is 9.88. The van der Waals surface area contributed by atoms with E-state index < -0.39 is 5.54 Å². The fourth-order valence-corrected chi connectivity index (χ4v) is 3.10. The molecule has 0 amide bonds. The summed E-state index contributed by atoms with van der Waals surface area (Å²) in [6.07, 6.45) is 3.30. The highest BCUT2D eigenvalue weighted by molar-refractivity contribution is 5.24. The molecule has 0 spiro atoms. The summed E-state index contributed by atoms with van der Waals surface area (Å²) in [5.41, 5.74) is 6.83. The second kappa shape index (κ2) is 7.36. The number of aliphatic hydroxyl groups excluding tert-OH is 1. The second-order valence-electron chi connectivity index (χ2n) is 6.49. The van der Waals surface area contributed by atoms with E-state index in [-0.39, 0.29) is 6.61 Å². The van der Waals surface area contributed by atoms with Crippen molar-refractivity contribution in [2.75, 3.05) is 40.3 Å². The first-order chi connectivity index (χ1) is 10.0. The lowest BCUT2D eigenvalue weighted by Crippen LogP contribution is -2.48. The van der Waals surface area contributed by atoms with Gasteiger partial charge in [0.25, 0.3) is 0 Å². The number of likely N-dealkylation sites (N-methyl/N-ethyl adjacent to an activating group) is 1. The Hall–Kier alpha value is -0.940. The molecular formula is C17H29N3O. The molecule has 4 nitrogen and oxygen atoms in total. The van der Waals surface area contributed by atoms with Crippen LogP contribution in [0, 0.1) is 0 Å². The summed E-state index contributed by atoms with van der Waals surface area (Å²) in [4.78, 5) is 4.79. The summed E-state index contributed by atoms with van der Waals surface area (Å²) in [7, 11) is 4.30. The van der Waals surface area contributed by atoms with Crippen LogP contribution in [0.15, 0.2) is 30.3 Å². The van der Waals surface area contributed by atoms with Gasteiger partial charge in [-0.05, 0) is 45.5 Å². The molecule has 2 rings (SSSR count). The molecular weight excluding hydrogens is 262 g/mol. The number of piperidine rings is 1. The van der Waals surface area contributed by atoms with Gasteiger partial charge in [0.15, 0.2) is 0 Å². The molecule has 1 fully saturated rings. The normalized spacial score (nSPS) is 23.2. The Morgan fingerprint density at radius 2 is 2.05 bits per heavy atom. The van der Waals surface area contributed by atoms with Crippen molar-refractivity contribution in [1.82, 2.24) is 9.80 Å². The summed E-state index contributed by atoms with van der Waals surface area (Å²) in [6, 6.07) is 10.6. The Balaban J connectivity index is 1.94. The number of likely N-dealkylation sites (tertiary alicyclic amines) is 1. The largest absolute Gasteiger partial charge is 0.394 e. The number of aliphatic hydroxyl groups is 1. The lowest BCUT2D eigenvalue weighted by Gasteiger charge is -2.38. The molecule has 1 aliphatic rings. The fourth-order valence-electron chi connectivity index (χ4n) is 3.10. The predicted molar refractivity (Wildman–Crippen MR) is 87.2 cm³/mol. The number of nitrogens with zero attached hydrogens (tertiary/aromatic N) is 2. The summed E-state index contributed by atoms with van der Waals surface area (Å²) in [5.74, 6) is 0. The van der Waals surface area contributed by atoms with Gasteiger partial charge in [-0.15, -0.1) is 0 Å². The summed E-state index contributed by atoms with van der Waals surface area (Å²) in [6.45, 7) is 3.17. The van der Waals surface area contributed by atoms with E-state index in [4.69, 9.17) is 5.73 Å². The quantitative estimate of drug-likeness (QED) is 0.828. The molecule has 21 heavy (non-hydrogen) atoms. The van der Waals surface area contributed by atoms with E-state index in [2.05, 4.69) is 23.9 Å². The van der Waals surface area contributed by atoms with Gasteiger partial charge in [0.1, 0.15) is 0 Å². The fraction of sp³-hybridized carbons (Fsp3) is 0.647. The average molecular weight is 291 g/mol. The third-order valence-corrected chi connectivity index (χ3v) is 4.72. The third kappa shape index (κ3) is 4.27. The number of hydrogen-bond donors (Lipinski definition) is 2. The molecule has 4 heteroatoms. The first kappa shape index (κ1) is 16.4. The summed E-state index contributed by atoms with van der Waals surface area (Å²) < 4.78 is 0. The van der Waals surface area contributed by atoms with Gasteiger partial charge in [-0.2, -0.15) is 0 Å². The molecule has 1 aromatic carbocycles. The van der Waals surface area contributed by atoms with Gasteiger partial charge in [0.05, 0.1) is 12.1 Å². The molecule has 1 aliphatic heterocycles. The molecule has 0 aromatic heterocycles. The molecule has 0 saturated carbocycles. The van der Waals surface area contributed by atoms with E-state index in [9.17, 15) is 5.11 Å². The highest BCUT2D eigenvalue weighted by Gasteiger charge is 2.28. The second-order valence-corrected chi connectivity index (χ2v) is 6.49. The zero-order valence-corrected chi connectivity index (χ0v) is 13.3. The Bertz CT molecular complexity index is 423. The molecule has 1 aromatic rings. The van der Waals surface area contributed by atoms with Gasteiger partial charge < -0.3 is 20.6 Å². The predicted octanol–water partition coefficient (Wildman–Crippen LogP) is 1.25. The minimum absolute atomic E-state index is 0.0119. The van der Waals surface area contributed by atoms with Crippen LogP contribution in [0.4, 0.5) is 0 Å². The summed E-state index contributed by atoms with van der Waals surface area (Å²) >= 11 is 0. The number of rotatable bonds is 6. The van der Waals surface area contributed by atoms with Crippen LogP contribution >= 0.6 is 0 Å². The van der Waals surface area contributed by atoms with Crippen LogP contribution in [0.5, 0.6) is 0 Å². The van der Waals surface area contributed by atoms with Crippen molar-refractivity contribution < 1.29 is 5.11 Å². The SMILES string of the molecule is CN(C)C1CCCN(CCC(N)(CO)c2ccccc2)C1. The van der Waals surface area contributed by atoms with Crippen LogP contribution < -0.4 is 5.73 Å². The van der Waals surface area contributed by atoms with E-state index in [1.54, 1.807) is 0 Å². The van der Waals surface area contributed by atoms with E-state index in [1.165, 1.54) is 12.8 Å². The Labute approximate surface area is 128 Å². The molecule has 0 radical (unpaired) electrons. The van der Waals surface area contributed by atoms with Gasteiger partial charge in [-0.1, -0.05) is 30.3 Å². The minimum atomic E-state index is -0.633. The summed E-state index contributed by atoms with van der Waals surface area (Å²) in [5, 5.41) is 9.76. The van der Waals surface area contributed by atoms with Crippen LogP contribution in [-0.4, -0.2) is 61.3 Å². The van der Waals surface area contributed by atoms with E-state index in [1.807, 2.05) is 30.3 Å². The average Bonchev–Trinajstić information content (AvgIpc) is 2.53. The van der Waals surface area contributed by atoms with Crippen LogP contribution in [0.1, 0.15) is 24.8 Å². The van der Waals surface area contributed by atoms with Crippen molar-refractivity contribution in [1.29, 1.82) is 0 Å². The van der Waals surface area contributed by atoms with Crippen molar-refractivity contribution in [3.8, 4) is 0 Å². The van der Waals surface area contributed by atoms with Crippen molar-refractivity contribution in [3.63, 3.8) is 0 Å². The van der Waals surface area contributed by atoms with Gasteiger partial charge in [-0.25, -0.2) is 0 Å². The molecule has 2 unspecified atom stereocenters. The van der Waals surface area contributed by atoms with Gasteiger partial charge in [-0.3, -0.25) is 0 Å². The molecule has 0 aliphatic carbocycles. The first-order valence-corrected chi connectivity index (χ1v) is 7.89. The Morgan fingerprint density at radius 1 is 1.33 bits per heavy atom. The maximum Gasteiger partial charge on any atom is 0.0656 e. The molecule has 1 heterocycles. The standard InChI is InChI=1S/C17H29N3O/c1-19(2)16-9-6-11-20(13-16)12-10-17(18,14-21)15-7-4-3-5-8-15/h3-5,7-8,16,21H,6,9-14,18H2,1-2H3. The lowest BCUT2D eigenvalue weighted by molar-refractivity contribution is 0.112. The van der Waals surface area contributed by atoms with Crippen molar-refractivity contribution in [3.05, 3.63) is 35.9 Å². The number of nitrogens with two attached hydrogens (primary N) is 1. The molecule has 0 bridgehead atoms. The Kier molecular flexibility index (Phi) is 5.76. The third-order valence-electron chi connectivity index (χ3n) is 4.72. The van der Waals surface area contributed by atoms with Crippen LogP contribution in [0.25, 0.3) is 0 Å². The molecule has 1 saturated heterocycles. The molecule has 118 valence electrons. The number of benzene rings is 1. The zero-order valence-electron chi connectivity index (χ0n) is 13.3. The van der Waals surface area contributed by atoms with Crippen molar-refractivity contribution in [2.24, 2.45) is 5.73 Å². The van der Waals surface area contributed by atoms with E-state index in [0.29, 0.717) is 6.04 Å². The van der Waals surface area contributed by atoms with Crippen LogP contribution in [0.2, 0.25) is 0 Å².